The maximum atomic E-state index is 6.18. The summed E-state index contributed by atoms with van der Waals surface area (Å²) in [5, 5.41) is 0. The van der Waals surface area contributed by atoms with Gasteiger partial charge in [-0.15, -0.1) is 0 Å². The summed E-state index contributed by atoms with van der Waals surface area (Å²) in [5.74, 6) is 0.730. The van der Waals surface area contributed by atoms with E-state index in [0.29, 0.717) is 4.67 Å². The summed E-state index contributed by atoms with van der Waals surface area (Å²) in [7, 11) is 0. The number of aryl methyl sites for hydroxylation is 1. The normalized spacial score (nSPS) is 12.8. The van der Waals surface area contributed by atoms with Crippen molar-refractivity contribution in [1.82, 2.24) is 0 Å². The average Bonchev–Trinajstić information content (AvgIpc) is 2.69. The Bertz CT molecular complexity index is 551. The highest BCUT2D eigenvalue weighted by atomic mass is 79.9. The number of hydrogen-bond acceptors (Lipinski definition) is 2. The summed E-state index contributed by atoms with van der Waals surface area (Å²) >= 11 is 10.3. The third kappa shape index (κ3) is 2.84. The van der Waals surface area contributed by atoms with Gasteiger partial charge in [-0.05, 0) is 58.2 Å². The Morgan fingerprint density at radius 3 is 2.41 bits per heavy atom. The fourth-order valence-corrected chi connectivity index (χ4v) is 2.93. The first kappa shape index (κ1) is 13.3. The van der Waals surface area contributed by atoms with Gasteiger partial charge in [-0.1, -0.05) is 31.9 Å². The minimum absolute atomic E-state index is 0.285. The Labute approximate surface area is 125 Å². The van der Waals surface area contributed by atoms with Crippen molar-refractivity contribution in [2.24, 2.45) is 5.73 Å². The summed E-state index contributed by atoms with van der Waals surface area (Å²) < 4.78 is 8.19. The molecule has 5 heteroatoms. The highest BCUT2D eigenvalue weighted by molar-refractivity contribution is 9.11. The molecule has 90 valence electrons. The number of hydrogen-bond donors (Lipinski definition) is 1. The average molecular weight is 424 g/mol. The van der Waals surface area contributed by atoms with E-state index in [1.165, 1.54) is 0 Å². The van der Waals surface area contributed by atoms with Crippen molar-refractivity contribution in [3.8, 4) is 0 Å². The van der Waals surface area contributed by atoms with E-state index in [1.54, 1.807) is 0 Å². The first-order valence-electron chi connectivity index (χ1n) is 4.95. The molecule has 0 bridgehead atoms. The zero-order valence-corrected chi connectivity index (χ0v) is 13.8. The van der Waals surface area contributed by atoms with Crippen LogP contribution in [0.1, 0.15) is 22.9 Å². The van der Waals surface area contributed by atoms with Gasteiger partial charge in [-0.2, -0.15) is 0 Å². The maximum absolute atomic E-state index is 6.18. The predicted octanol–water partition coefficient (Wildman–Crippen LogP) is 4.92. The number of nitrogens with two attached hydrogens (primary N) is 1. The van der Waals surface area contributed by atoms with Crippen LogP contribution in [-0.4, -0.2) is 0 Å². The summed E-state index contributed by atoms with van der Waals surface area (Å²) in [6.07, 6.45) is 0. The van der Waals surface area contributed by atoms with Crippen molar-refractivity contribution in [3.63, 3.8) is 0 Å². The molecule has 0 amide bonds. The molecule has 0 aliphatic heterocycles. The third-order valence-corrected chi connectivity index (χ3v) is 4.48. The molecule has 0 saturated carbocycles. The van der Waals surface area contributed by atoms with Crippen LogP contribution in [0, 0.1) is 6.92 Å². The molecule has 1 atom stereocenters. The first-order chi connectivity index (χ1) is 7.99. The van der Waals surface area contributed by atoms with Crippen molar-refractivity contribution in [1.29, 1.82) is 0 Å². The van der Waals surface area contributed by atoms with Gasteiger partial charge in [-0.3, -0.25) is 0 Å². The first-order valence-corrected chi connectivity index (χ1v) is 7.33. The lowest BCUT2D eigenvalue weighted by atomic mass is 10.0. The number of halogens is 3. The summed E-state index contributed by atoms with van der Waals surface area (Å²) in [6.45, 7) is 2.04. The molecular weight excluding hydrogens is 414 g/mol. The van der Waals surface area contributed by atoms with E-state index in [-0.39, 0.29) is 6.04 Å². The van der Waals surface area contributed by atoms with E-state index in [9.17, 15) is 0 Å². The minimum Gasteiger partial charge on any atom is -0.452 e. The molecular formula is C12H10Br3NO. The molecule has 1 aromatic heterocycles. The topological polar surface area (TPSA) is 39.2 Å². The van der Waals surface area contributed by atoms with E-state index in [2.05, 4.69) is 47.8 Å². The van der Waals surface area contributed by atoms with Gasteiger partial charge < -0.3 is 10.2 Å². The molecule has 0 aliphatic rings. The SMILES string of the molecule is Cc1cc(Br)c(C(N)c2ccc(Br)o2)cc1Br. The van der Waals surface area contributed by atoms with Crippen molar-refractivity contribution in [3.05, 3.63) is 54.8 Å². The fraction of sp³-hybridized carbons (Fsp3) is 0.167. The standard InChI is InChI=1S/C12H10Br3NO/c1-6-4-9(14)7(5-8(6)13)12(16)10-2-3-11(15)17-10/h2-5,12H,16H2,1H3. The van der Waals surface area contributed by atoms with Crippen molar-refractivity contribution >= 4 is 47.8 Å². The smallest absolute Gasteiger partial charge is 0.169 e. The highest BCUT2D eigenvalue weighted by Crippen LogP contribution is 2.32. The molecule has 1 unspecified atom stereocenters. The van der Waals surface area contributed by atoms with Gasteiger partial charge in [0.25, 0.3) is 0 Å². The van der Waals surface area contributed by atoms with Crippen LogP contribution >= 0.6 is 47.8 Å². The minimum atomic E-state index is -0.285. The Morgan fingerprint density at radius 1 is 1.12 bits per heavy atom. The van der Waals surface area contributed by atoms with E-state index in [1.807, 2.05) is 31.2 Å². The Balaban J connectivity index is 2.43. The van der Waals surface area contributed by atoms with Crippen molar-refractivity contribution < 1.29 is 4.42 Å². The molecule has 2 N–H and O–H groups in total. The van der Waals surface area contributed by atoms with Crippen LogP contribution in [0.3, 0.4) is 0 Å². The van der Waals surface area contributed by atoms with Gasteiger partial charge in [-0.25, -0.2) is 0 Å². The second-order valence-electron chi connectivity index (χ2n) is 3.74. The predicted molar refractivity (Wildman–Crippen MR) is 79.0 cm³/mol. The van der Waals surface area contributed by atoms with Crippen LogP contribution in [0.4, 0.5) is 0 Å². The lowest BCUT2D eigenvalue weighted by Gasteiger charge is -2.13. The molecule has 0 spiro atoms. The summed E-state index contributed by atoms with van der Waals surface area (Å²) in [5.41, 5.74) is 8.33. The van der Waals surface area contributed by atoms with Crippen LogP contribution in [0.2, 0.25) is 0 Å². The zero-order valence-electron chi connectivity index (χ0n) is 9.01. The lowest BCUT2D eigenvalue weighted by molar-refractivity contribution is 0.470. The quantitative estimate of drug-likeness (QED) is 0.744. The van der Waals surface area contributed by atoms with E-state index in [4.69, 9.17) is 10.2 Å². The molecule has 0 fully saturated rings. The monoisotopic (exact) mass is 421 g/mol. The second kappa shape index (κ2) is 5.26. The molecule has 1 heterocycles. The maximum Gasteiger partial charge on any atom is 0.169 e. The number of furan rings is 1. The molecule has 1 aromatic carbocycles. The van der Waals surface area contributed by atoms with Crippen LogP contribution in [0.5, 0.6) is 0 Å². The van der Waals surface area contributed by atoms with Gasteiger partial charge in [0.1, 0.15) is 5.76 Å². The van der Waals surface area contributed by atoms with Crippen LogP contribution in [0.25, 0.3) is 0 Å². The second-order valence-corrected chi connectivity index (χ2v) is 6.23. The molecule has 2 nitrogen and oxygen atoms in total. The van der Waals surface area contributed by atoms with Gasteiger partial charge in [0.2, 0.25) is 0 Å². The van der Waals surface area contributed by atoms with E-state index < -0.39 is 0 Å². The number of benzene rings is 1. The van der Waals surface area contributed by atoms with E-state index in [0.717, 1.165) is 25.8 Å². The van der Waals surface area contributed by atoms with Crippen LogP contribution < -0.4 is 5.73 Å². The molecule has 2 rings (SSSR count). The summed E-state index contributed by atoms with van der Waals surface area (Å²) in [6, 6.07) is 7.48. The molecule has 0 aliphatic carbocycles. The van der Waals surface area contributed by atoms with Crippen molar-refractivity contribution in [2.45, 2.75) is 13.0 Å². The molecule has 17 heavy (non-hydrogen) atoms. The molecule has 0 saturated heterocycles. The van der Waals surface area contributed by atoms with Crippen molar-refractivity contribution in [2.75, 3.05) is 0 Å². The Morgan fingerprint density at radius 2 is 1.82 bits per heavy atom. The largest absolute Gasteiger partial charge is 0.452 e. The lowest BCUT2D eigenvalue weighted by Crippen LogP contribution is -2.11. The van der Waals surface area contributed by atoms with Gasteiger partial charge >= 0.3 is 0 Å². The van der Waals surface area contributed by atoms with E-state index >= 15 is 0 Å². The van der Waals surface area contributed by atoms with Crippen LogP contribution in [0.15, 0.2) is 42.3 Å². The Hall–Kier alpha value is -0.100. The van der Waals surface area contributed by atoms with Gasteiger partial charge in [0.05, 0.1) is 6.04 Å². The van der Waals surface area contributed by atoms with Gasteiger partial charge in [0, 0.05) is 8.95 Å². The molecule has 2 aromatic rings. The Kier molecular flexibility index (Phi) is 4.13. The van der Waals surface area contributed by atoms with Gasteiger partial charge in [0.15, 0.2) is 4.67 Å². The summed E-state index contributed by atoms with van der Waals surface area (Å²) in [4.78, 5) is 0. The fourth-order valence-electron chi connectivity index (χ4n) is 1.55. The van der Waals surface area contributed by atoms with Crippen LogP contribution in [-0.2, 0) is 0 Å². The third-order valence-electron chi connectivity index (χ3n) is 2.51. The zero-order chi connectivity index (χ0) is 12.6. The number of rotatable bonds is 2. The molecule has 0 radical (unpaired) electrons. The highest BCUT2D eigenvalue weighted by Gasteiger charge is 2.17.